The molecule has 2 rings (SSSR count). The lowest BCUT2D eigenvalue weighted by molar-refractivity contribution is 0.564. The monoisotopic (exact) mass is 299 g/mol. The highest BCUT2D eigenvalue weighted by molar-refractivity contribution is 7.98. The Morgan fingerprint density at radius 3 is 2.67 bits per heavy atom. The third-order valence-electron chi connectivity index (χ3n) is 3.56. The summed E-state index contributed by atoms with van der Waals surface area (Å²) >= 11 is 1.93. The number of hydrogen-bond acceptors (Lipinski definition) is 2. The predicted molar refractivity (Wildman–Crippen MR) is 93.9 cm³/mol. The summed E-state index contributed by atoms with van der Waals surface area (Å²) in [6.07, 6.45) is 1.17. The summed E-state index contributed by atoms with van der Waals surface area (Å²) in [4.78, 5) is 1.38. The molecule has 1 N–H and O–H groups in total. The van der Waals surface area contributed by atoms with Crippen molar-refractivity contribution in [1.29, 1.82) is 0 Å². The van der Waals surface area contributed by atoms with Crippen molar-refractivity contribution in [3.8, 4) is 0 Å². The average Bonchev–Trinajstić information content (AvgIpc) is 2.51. The van der Waals surface area contributed by atoms with E-state index in [1.54, 1.807) is 0 Å². The first-order valence-corrected chi connectivity index (χ1v) is 8.70. The van der Waals surface area contributed by atoms with Gasteiger partial charge in [0.15, 0.2) is 0 Å². The van der Waals surface area contributed by atoms with Crippen molar-refractivity contribution in [3.05, 3.63) is 65.2 Å². The molecule has 0 fully saturated rings. The molecule has 0 spiro atoms. The molecule has 0 aliphatic heterocycles. The van der Waals surface area contributed by atoms with E-state index in [0.29, 0.717) is 6.04 Å². The number of hydrogen-bond donors (Lipinski definition) is 1. The molecule has 1 nitrogen and oxygen atoms in total. The van der Waals surface area contributed by atoms with Crippen LogP contribution in [0.15, 0.2) is 53.4 Å². The Labute approximate surface area is 133 Å². The second-order valence-electron chi connectivity index (χ2n) is 5.49. The van der Waals surface area contributed by atoms with Gasteiger partial charge in [0, 0.05) is 16.7 Å². The molecule has 0 aliphatic rings. The smallest absolute Gasteiger partial charge is 0.0302 e. The fourth-order valence-corrected chi connectivity index (χ4v) is 3.49. The minimum absolute atomic E-state index is 0.408. The van der Waals surface area contributed by atoms with Gasteiger partial charge >= 0.3 is 0 Å². The molecule has 2 aromatic rings. The minimum Gasteiger partial charge on any atom is -0.310 e. The van der Waals surface area contributed by atoms with Gasteiger partial charge in [-0.15, -0.1) is 11.8 Å². The van der Waals surface area contributed by atoms with Gasteiger partial charge in [-0.2, -0.15) is 0 Å². The van der Waals surface area contributed by atoms with Gasteiger partial charge in [-0.1, -0.05) is 55.0 Å². The maximum atomic E-state index is 3.58. The molecule has 2 aromatic carbocycles. The van der Waals surface area contributed by atoms with Crippen LogP contribution in [0.4, 0.5) is 0 Å². The molecule has 1 atom stereocenters. The molecular weight excluding hydrogens is 274 g/mol. The van der Waals surface area contributed by atoms with Gasteiger partial charge in [0.1, 0.15) is 0 Å². The lowest BCUT2D eigenvalue weighted by Crippen LogP contribution is -2.19. The number of thioether (sulfide) groups is 1. The van der Waals surface area contributed by atoms with Gasteiger partial charge in [0.2, 0.25) is 0 Å². The van der Waals surface area contributed by atoms with E-state index in [4.69, 9.17) is 0 Å². The van der Waals surface area contributed by atoms with Gasteiger partial charge in [0.05, 0.1) is 0 Å². The Balaban J connectivity index is 2.06. The van der Waals surface area contributed by atoms with E-state index in [2.05, 4.69) is 74.6 Å². The molecular formula is C19H25NS. The highest BCUT2D eigenvalue weighted by Gasteiger charge is 2.09. The fraction of sp³-hybridized carbons (Fsp3) is 0.368. The number of nitrogens with one attached hydrogen (secondary N) is 1. The molecule has 0 bridgehead atoms. The molecule has 112 valence electrons. The lowest BCUT2D eigenvalue weighted by Gasteiger charge is -2.17. The van der Waals surface area contributed by atoms with Gasteiger partial charge in [-0.05, 0) is 44.0 Å². The summed E-state index contributed by atoms with van der Waals surface area (Å²) in [6, 6.07) is 17.9. The Morgan fingerprint density at radius 1 is 1.10 bits per heavy atom. The molecule has 0 aromatic heterocycles. The van der Waals surface area contributed by atoms with E-state index in [0.717, 1.165) is 12.3 Å². The van der Waals surface area contributed by atoms with Crippen LogP contribution >= 0.6 is 11.8 Å². The van der Waals surface area contributed by atoms with Crippen molar-refractivity contribution in [2.45, 2.75) is 43.9 Å². The second-order valence-corrected chi connectivity index (χ2v) is 6.51. The van der Waals surface area contributed by atoms with Crippen LogP contribution in [0.2, 0.25) is 0 Å². The van der Waals surface area contributed by atoms with Crippen molar-refractivity contribution in [3.63, 3.8) is 0 Å². The second kappa shape index (κ2) is 8.26. The summed E-state index contributed by atoms with van der Waals surface area (Å²) in [5, 5.41) is 3.58. The zero-order chi connectivity index (χ0) is 15.1. The van der Waals surface area contributed by atoms with Gasteiger partial charge in [0.25, 0.3) is 0 Å². The quantitative estimate of drug-likeness (QED) is 0.692. The Bertz CT molecular complexity index is 565. The molecule has 21 heavy (non-hydrogen) atoms. The van der Waals surface area contributed by atoms with Crippen LogP contribution in [0.5, 0.6) is 0 Å². The van der Waals surface area contributed by atoms with Crippen LogP contribution in [-0.4, -0.2) is 6.54 Å². The predicted octanol–water partition coefficient (Wildman–Crippen LogP) is 5.35. The molecule has 1 unspecified atom stereocenters. The van der Waals surface area contributed by atoms with Crippen molar-refractivity contribution in [2.75, 3.05) is 6.54 Å². The summed E-state index contributed by atoms with van der Waals surface area (Å²) in [7, 11) is 0. The maximum Gasteiger partial charge on any atom is 0.0302 e. The molecule has 0 saturated carbocycles. The van der Waals surface area contributed by atoms with Crippen LogP contribution in [0.1, 0.15) is 43.0 Å². The Kier molecular flexibility index (Phi) is 6.34. The third-order valence-corrected chi connectivity index (χ3v) is 4.72. The standard InChI is InChI=1S/C19H25NS/c1-4-12-20-16(3)18-10-5-6-11-19(18)21-14-17-9-7-8-15(2)13-17/h5-11,13,16,20H,4,12,14H2,1-3H3. The Morgan fingerprint density at radius 2 is 1.90 bits per heavy atom. The molecule has 0 aliphatic carbocycles. The van der Waals surface area contributed by atoms with Gasteiger partial charge < -0.3 is 5.32 Å². The molecule has 0 radical (unpaired) electrons. The summed E-state index contributed by atoms with van der Waals surface area (Å²) in [5.74, 6) is 1.03. The highest BCUT2D eigenvalue weighted by Crippen LogP contribution is 2.30. The first-order chi connectivity index (χ1) is 10.2. The number of rotatable bonds is 7. The van der Waals surface area contributed by atoms with Crippen molar-refractivity contribution in [2.24, 2.45) is 0 Å². The first-order valence-electron chi connectivity index (χ1n) is 7.71. The summed E-state index contributed by atoms with van der Waals surface area (Å²) in [6.45, 7) is 7.68. The van der Waals surface area contributed by atoms with Gasteiger partial charge in [-0.3, -0.25) is 0 Å². The van der Waals surface area contributed by atoms with Crippen LogP contribution in [0, 0.1) is 6.92 Å². The van der Waals surface area contributed by atoms with Crippen molar-refractivity contribution < 1.29 is 0 Å². The van der Waals surface area contributed by atoms with Crippen LogP contribution in [-0.2, 0) is 5.75 Å². The molecule has 2 heteroatoms. The van der Waals surface area contributed by atoms with Crippen LogP contribution in [0.3, 0.4) is 0 Å². The van der Waals surface area contributed by atoms with E-state index in [9.17, 15) is 0 Å². The van der Waals surface area contributed by atoms with Crippen LogP contribution in [0.25, 0.3) is 0 Å². The normalized spacial score (nSPS) is 12.3. The van der Waals surface area contributed by atoms with E-state index in [1.165, 1.54) is 28.0 Å². The van der Waals surface area contributed by atoms with E-state index >= 15 is 0 Å². The van der Waals surface area contributed by atoms with E-state index in [-0.39, 0.29) is 0 Å². The lowest BCUT2D eigenvalue weighted by atomic mass is 10.1. The first kappa shape index (κ1) is 16.1. The highest BCUT2D eigenvalue weighted by atomic mass is 32.2. The average molecular weight is 299 g/mol. The zero-order valence-electron chi connectivity index (χ0n) is 13.2. The van der Waals surface area contributed by atoms with E-state index in [1.807, 2.05) is 11.8 Å². The Hall–Kier alpha value is -1.25. The number of aryl methyl sites for hydroxylation is 1. The molecule has 0 heterocycles. The van der Waals surface area contributed by atoms with Gasteiger partial charge in [-0.25, -0.2) is 0 Å². The zero-order valence-corrected chi connectivity index (χ0v) is 14.0. The van der Waals surface area contributed by atoms with Crippen molar-refractivity contribution >= 4 is 11.8 Å². The fourth-order valence-electron chi connectivity index (χ4n) is 2.40. The topological polar surface area (TPSA) is 12.0 Å². The van der Waals surface area contributed by atoms with E-state index < -0.39 is 0 Å². The molecule has 0 amide bonds. The number of benzene rings is 2. The summed E-state index contributed by atoms with van der Waals surface area (Å²) < 4.78 is 0. The van der Waals surface area contributed by atoms with Crippen LogP contribution < -0.4 is 5.32 Å². The maximum absolute atomic E-state index is 3.58. The largest absolute Gasteiger partial charge is 0.310 e. The SMILES string of the molecule is CCCNC(C)c1ccccc1SCc1cccc(C)c1. The van der Waals surface area contributed by atoms with Crippen molar-refractivity contribution in [1.82, 2.24) is 5.32 Å². The third kappa shape index (κ3) is 4.90. The summed E-state index contributed by atoms with van der Waals surface area (Å²) in [5.41, 5.74) is 4.13. The minimum atomic E-state index is 0.408. The molecule has 0 saturated heterocycles.